The van der Waals surface area contributed by atoms with Crippen molar-refractivity contribution in [3.05, 3.63) is 0 Å². The Labute approximate surface area is 151 Å². The normalized spacial score (nSPS) is 57.1. The number of hydrogen-bond acceptors (Lipinski definition) is 4. The predicted octanol–water partition coefficient (Wildman–Crippen LogP) is 3.10. The van der Waals surface area contributed by atoms with Crippen LogP contribution in [0, 0.1) is 34.5 Å². The molecule has 0 radical (unpaired) electrons. The first-order valence-electron chi connectivity index (χ1n) is 10.5. The summed E-state index contributed by atoms with van der Waals surface area (Å²) in [6, 6.07) is 0. The summed E-state index contributed by atoms with van der Waals surface area (Å²) in [5.41, 5.74) is 0.344. The van der Waals surface area contributed by atoms with Crippen LogP contribution in [-0.4, -0.2) is 41.4 Å². The highest BCUT2D eigenvalue weighted by atomic mass is 16.7. The van der Waals surface area contributed by atoms with Crippen LogP contribution in [0.2, 0.25) is 0 Å². The van der Waals surface area contributed by atoms with Gasteiger partial charge in [0.05, 0.1) is 25.4 Å². The predicted molar refractivity (Wildman–Crippen MR) is 93.8 cm³/mol. The summed E-state index contributed by atoms with van der Waals surface area (Å²) in [5.74, 6) is 2.36. The minimum absolute atomic E-state index is 0.153. The zero-order valence-corrected chi connectivity index (χ0v) is 15.7. The van der Waals surface area contributed by atoms with Crippen molar-refractivity contribution in [1.82, 2.24) is 0 Å². The van der Waals surface area contributed by atoms with Crippen molar-refractivity contribution < 1.29 is 19.7 Å². The van der Waals surface area contributed by atoms with E-state index in [2.05, 4.69) is 13.8 Å². The Morgan fingerprint density at radius 2 is 1.56 bits per heavy atom. The molecule has 5 fully saturated rings. The van der Waals surface area contributed by atoms with Gasteiger partial charge in [-0.25, -0.2) is 0 Å². The van der Waals surface area contributed by atoms with E-state index < -0.39 is 12.2 Å². The molecule has 4 nitrogen and oxygen atoms in total. The molecule has 4 heteroatoms. The molecule has 1 spiro atoms. The fourth-order valence-corrected chi connectivity index (χ4v) is 8.16. The Balaban J connectivity index is 1.45. The zero-order valence-electron chi connectivity index (χ0n) is 15.7. The molecular weight excluding hydrogens is 316 g/mol. The van der Waals surface area contributed by atoms with Crippen LogP contribution in [0.4, 0.5) is 0 Å². The lowest BCUT2D eigenvalue weighted by atomic mass is 9.44. The smallest absolute Gasteiger partial charge is 0.174 e. The number of fused-ring (bicyclic) bond motifs is 6. The molecule has 0 amide bonds. The Morgan fingerprint density at radius 3 is 2.32 bits per heavy atom. The van der Waals surface area contributed by atoms with E-state index in [-0.39, 0.29) is 16.6 Å². The van der Waals surface area contributed by atoms with E-state index in [1.165, 1.54) is 32.1 Å². The van der Waals surface area contributed by atoms with Crippen molar-refractivity contribution in [2.24, 2.45) is 34.5 Å². The van der Waals surface area contributed by atoms with E-state index in [1.54, 1.807) is 0 Å². The molecule has 1 unspecified atom stereocenters. The van der Waals surface area contributed by atoms with Gasteiger partial charge in [-0.05, 0) is 74.0 Å². The molecule has 1 heterocycles. The van der Waals surface area contributed by atoms with Crippen LogP contribution >= 0.6 is 0 Å². The molecule has 5 aliphatic rings. The van der Waals surface area contributed by atoms with Gasteiger partial charge in [0.1, 0.15) is 0 Å². The standard InChI is InChI=1S/C21H34O4/c1-19-12-18(23)17(22)11-13(19)3-4-14-15(19)5-7-20(2)16(14)6-8-21(20)24-9-10-25-21/h13-18,22-23H,3-12H2,1-2H3/t13-,14?,15-,16-,17+,18-,19-,20-/m0/s1. The minimum atomic E-state index is -0.537. The van der Waals surface area contributed by atoms with Crippen molar-refractivity contribution in [2.75, 3.05) is 13.2 Å². The third-order valence-corrected chi connectivity index (χ3v) is 9.48. The van der Waals surface area contributed by atoms with Gasteiger partial charge in [0, 0.05) is 11.8 Å². The van der Waals surface area contributed by atoms with Gasteiger partial charge in [0.15, 0.2) is 5.79 Å². The van der Waals surface area contributed by atoms with Crippen LogP contribution in [-0.2, 0) is 9.47 Å². The molecule has 5 rings (SSSR count). The quantitative estimate of drug-likeness (QED) is 0.705. The Morgan fingerprint density at radius 1 is 0.840 bits per heavy atom. The fourth-order valence-electron chi connectivity index (χ4n) is 8.16. The number of hydrogen-bond donors (Lipinski definition) is 2. The van der Waals surface area contributed by atoms with Gasteiger partial charge in [-0.2, -0.15) is 0 Å². The van der Waals surface area contributed by atoms with Crippen LogP contribution in [0.5, 0.6) is 0 Å². The van der Waals surface area contributed by atoms with Crippen LogP contribution in [0.1, 0.15) is 65.2 Å². The molecule has 8 atom stereocenters. The summed E-state index contributed by atoms with van der Waals surface area (Å²) >= 11 is 0. The first kappa shape index (κ1) is 17.0. The number of rotatable bonds is 0. The maximum Gasteiger partial charge on any atom is 0.174 e. The van der Waals surface area contributed by atoms with Crippen LogP contribution in [0.25, 0.3) is 0 Å². The van der Waals surface area contributed by atoms with Gasteiger partial charge in [-0.15, -0.1) is 0 Å². The van der Waals surface area contributed by atoms with Gasteiger partial charge in [0.25, 0.3) is 0 Å². The van der Waals surface area contributed by atoms with Crippen LogP contribution < -0.4 is 0 Å². The first-order valence-corrected chi connectivity index (χ1v) is 10.5. The maximum absolute atomic E-state index is 10.4. The highest BCUT2D eigenvalue weighted by molar-refractivity contribution is 5.13. The molecule has 2 N–H and O–H groups in total. The molecule has 0 aromatic rings. The summed E-state index contributed by atoms with van der Waals surface area (Å²) in [7, 11) is 0. The highest BCUT2D eigenvalue weighted by Gasteiger charge is 2.67. The third-order valence-electron chi connectivity index (χ3n) is 9.48. The largest absolute Gasteiger partial charge is 0.390 e. The van der Waals surface area contributed by atoms with E-state index in [1.807, 2.05) is 0 Å². The van der Waals surface area contributed by atoms with Crippen molar-refractivity contribution in [3.63, 3.8) is 0 Å². The molecule has 142 valence electrons. The highest BCUT2D eigenvalue weighted by Crippen LogP contribution is 2.69. The summed E-state index contributed by atoms with van der Waals surface area (Å²) in [5, 5.41) is 20.6. The lowest BCUT2D eigenvalue weighted by Crippen LogP contribution is -2.58. The van der Waals surface area contributed by atoms with Gasteiger partial charge < -0.3 is 19.7 Å². The van der Waals surface area contributed by atoms with Crippen molar-refractivity contribution in [1.29, 1.82) is 0 Å². The second kappa shape index (κ2) is 5.43. The third kappa shape index (κ3) is 2.09. The molecule has 1 saturated heterocycles. The monoisotopic (exact) mass is 350 g/mol. The molecule has 4 aliphatic carbocycles. The maximum atomic E-state index is 10.4. The Bertz CT molecular complexity index is 544. The molecule has 1 aliphatic heterocycles. The summed E-state index contributed by atoms with van der Waals surface area (Å²) in [6.07, 6.45) is 7.70. The van der Waals surface area contributed by atoms with Crippen molar-refractivity contribution in [2.45, 2.75) is 83.2 Å². The van der Waals surface area contributed by atoms with Crippen molar-refractivity contribution >= 4 is 0 Å². The van der Waals surface area contributed by atoms with Gasteiger partial charge >= 0.3 is 0 Å². The first-order chi connectivity index (χ1) is 11.9. The molecule has 4 saturated carbocycles. The average Bonchev–Trinajstić information content (AvgIpc) is 3.16. The number of aliphatic hydroxyl groups is 2. The Kier molecular flexibility index (Phi) is 3.69. The summed E-state index contributed by atoms with van der Waals surface area (Å²) in [4.78, 5) is 0. The SMILES string of the molecule is C[C@]12C[C@H](O)[C@H](O)C[C@@H]1CCC1[C@@H]2CC[C@@]2(C)[C@H]1CCC21OCCO1. The van der Waals surface area contributed by atoms with Crippen LogP contribution in [0.3, 0.4) is 0 Å². The topological polar surface area (TPSA) is 58.9 Å². The van der Waals surface area contributed by atoms with E-state index in [4.69, 9.17) is 9.47 Å². The lowest BCUT2D eigenvalue weighted by Gasteiger charge is -2.61. The van der Waals surface area contributed by atoms with Crippen LogP contribution in [0.15, 0.2) is 0 Å². The van der Waals surface area contributed by atoms with Gasteiger partial charge in [-0.1, -0.05) is 13.8 Å². The molecule has 0 aromatic carbocycles. The number of aliphatic hydroxyl groups excluding tert-OH is 2. The van der Waals surface area contributed by atoms with Crippen molar-refractivity contribution in [3.8, 4) is 0 Å². The fraction of sp³-hybridized carbons (Fsp3) is 1.00. The van der Waals surface area contributed by atoms with E-state index in [0.717, 1.165) is 38.4 Å². The van der Waals surface area contributed by atoms with E-state index in [0.29, 0.717) is 17.8 Å². The second-order valence-corrected chi connectivity index (χ2v) is 10.2. The van der Waals surface area contributed by atoms with Gasteiger partial charge in [0.2, 0.25) is 0 Å². The number of ether oxygens (including phenoxy) is 2. The summed E-state index contributed by atoms with van der Waals surface area (Å²) < 4.78 is 12.4. The Hall–Kier alpha value is -0.160. The average molecular weight is 350 g/mol. The zero-order chi connectivity index (χ0) is 17.4. The summed E-state index contributed by atoms with van der Waals surface area (Å²) in [6.45, 7) is 6.35. The molecule has 0 aromatic heterocycles. The minimum Gasteiger partial charge on any atom is -0.390 e. The van der Waals surface area contributed by atoms with Gasteiger partial charge in [-0.3, -0.25) is 0 Å². The van der Waals surface area contributed by atoms with E-state index in [9.17, 15) is 10.2 Å². The van der Waals surface area contributed by atoms with E-state index >= 15 is 0 Å². The molecule has 0 bridgehead atoms. The molecule has 25 heavy (non-hydrogen) atoms. The second-order valence-electron chi connectivity index (χ2n) is 10.2. The lowest BCUT2D eigenvalue weighted by molar-refractivity contribution is -0.249. The molecular formula is C21H34O4.